The van der Waals surface area contributed by atoms with Gasteiger partial charge in [0.25, 0.3) is 0 Å². The predicted molar refractivity (Wildman–Crippen MR) is 49.0 cm³/mol. The Kier molecular flexibility index (Phi) is 3.45. The summed E-state index contributed by atoms with van der Waals surface area (Å²) < 4.78 is 17.8. The van der Waals surface area contributed by atoms with Gasteiger partial charge in [-0.2, -0.15) is 0 Å². The molecule has 0 saturated heterocycles. The molecule has 0 saturated carbocycles. The molecule has 4 heteroatoms. The molecule has 1 aromatic rings. The minimum absolute atomic E-state index is 0.0888. The number of aldehydes is 1. The van der Waals surface area contributed by atoms with E-state index in [1.807, 2.05) is 0 Å². The number of methoxy groups -OCH3 is 1. The van der Waals surface area contributed by atoms with Gasteiger partial charge in [0.1, 0.15) is 6.29 Å². The lowest BCUT2D eigenvalue weighted by molar-refractivity contribution is -0.107. The number of aryl methyl sites for hydroxylation is 1. The van der Waals surface area contributed by atoms with Gasteiger partial charge in [0.15, 0.2) is 17.3 Å². The van der Waals surface area contributed by atoms with E-state index in [1.54, 1.807) is 0 Å². The topological polar surface area (TPSA) is 46.5 Å². The Morgan fingerprint density at radius 3 is 2.86 bits per heavy atom. The molecule has 76 valence electrons. The number of carbonyl (C=O) groups is 1. The Morgan fingerprint density at radius 1 is 1.57 bits per heavy atom. The molecule has 0 fully saturated rings. The number of hydrogen-bond donors (Lipinski definition) is 1. The first-order valence-electron chi connectivity index (χ1n) is 4.18. The zero-order valence-electron chi connectivity index (χ0n) is 7.79. The Bertz CT molecular complexity index is 336. The van der Waals surface area contributed by atoms with E-state index in [-0.39, 0.29) is 5.75 Å². The molecule has 0 amide bonds. The second kappa shape index (κ2) is 4.60. The third-order valence-electron chi connectivity index (χ3n) is 1.86. The van der Waals surface area contributed by atoms with Gasteiger partial charge in [-0.3, -0.25) is 0 Å². The normalized spacial score (nSPS) is 9.86. The van der Waals surface area contributed by atoms with Crippen molar-refractivity contribution in [2.45, 2.75) is 12.8 Å². The quantitative estimate of drug-likeness (QED) is 0.748. The maximum Gasteiger partial charge on any atom is 0.194 e. The van der Waals surface area contributed by atoms with Crippen LogP contribution in [0.25, 0.3) is 0 Å². The molecule has 0 unspecified atom stereocenters. The van der Waals surface area contributed by atoms with Crippen molar-refractivity contribution in [3.05, 3.63) is 23.5 Å². The van der Waals surface area contributed by atoms with E-state index in [2.05, 4.69) is 0 Å². The van der Waals surface area contributed by atoms with E-state index < -0.39 is 11.6 Å². The molecule has 0 heterocycles. The highest BCUT2D eigenvalue weighted by atomic mass is 19.1. The summed E-state index contributed by atoms with van der Waals surface area (Å²) >= 11 is 0. The van der Waals surface area contributed by atoms with Crippen LogP contribution >= 0.6 is 0 Å². The molecule has 0 aliphatic heterocycles. The van der Waals surface area contributed by atoms with Crippen LogP contribution in [0.1, 0.15) is 12.0 Å². The maximum absolute atomic E-state index is 13.0. The lowest BCUT2D eigenvalue weighted by Crippen LogP contribution is -1.92. The lowest BCUT2D eigenvalue weighted by Gasteiger charge is -2.06. The van der Waals surface area contributed by atoms with Gasteiger partial charge in [-0.1, -0.05) is 0 Å². The van der Waals surface area contributed by atoms with Gasteiger partial charge in [-0.15, -0.1) is 0 Å². The second-order valence-electron chi connectivity index (χ2n) is 2.83. The molecule has 0 spiro atoms. The summed E-state index contributed by atoms with van der Waals surface area (Å²) in [6.45, 7) is 0. The highest BCUT2D eigenvalue weighted by molar-refractivity contribution is 5.51. The smallest absolute Gasteiger partial charge is 0.194 e. The van der Waals surface area contributed by atoms with Crippen LogP contribution in [0, 0.1) is 5.82 Å². The molecule has 14 heavy (non-hydrogen) atoms. The molecule has 0 aromatic heterocycles. The number of hydrogen-bond acceptors (Lipinski definition) is 3. The predicted octanol–water partition coefficient (Wildman–Crippen LogP) is 1.67. The van der Waals surface area contributed by atoms with Crippen molar-refractivity contribution >= 4 is 6.29 Å². The molecular weight excluding hydrogens is 187 g/mol. The highest BCUT2D eigenvalue weighted by Gasteiger charge is 2.09. The van der Waals surface area contributed by atoms with Crippen LogP contribution in [0.4, 0.5) is 4.39 Å². The van der Waals surface area contributed by atoms with Gasteiger partial charge in [-0.05, 0) is 24.1 Å². The number of phenols is 1. The first-order chi connectivity index (χ1) is 6.69. The third kappa shape index (κ3) is 2.22. The SMILES string of the molecule is COc1cc(CCC=O)cc(F)c1O. The average molecular weight is 198 g/mol. The number of halogens is 1. The molecule has 0 bridgehead atoms. The van der Waals surface area contributed by atoms with Crippen LogP contribution in [0.3, 0.4) is 0 Å². The van der Waals surface area contributed by atoms with Crippen LogP contribution in [0.2, 0.25) is 0 Å². The van der Waals surface area contributed by atoms with Crippen molar-refractivity contribution < 1.29 is 19.0 Å². The van der Waals surface area contributed by atoms with E-state index in [9.17, 15) is 14.3 Å². The summed E-state index contributed by atoms with van der Waals surface area (Å²) in [4.78, 5) is 10.1. The van der Waals surface area contributed by atoms with Crippen molar-refractivity contribution in [3.63, 3.8) is 0 Å². The van der Waals surface area contributed by atoms with Crippen molar-refractivity contribution in [1.29, 1.82) is 0 Å². The molecule has 0 aliphatic rings. The zero-order valence-corrected chi connectivity index (χ0v) is 7.79. The molecular formula is C10H11FO3. The van der Waals surface area contributed by atoms with Crippen LogP contribution in [0.5, 0.6) is 11.5 Å². The minimum atomic E-state index is -0.731. The Morgan fingerprint density at radius 2 is 2.29 bits per heavy atom. The maximum atomic E-state index is 13.0. The lowest BCUT2D eigenvalue weighted by atomic mass is 10.1. The number of phenolic OH excluding ortho intramolecular Hbond substituents is 1. The second-order valence-corrected chi connectivity index (χ2v) is 2.83. The number of rotatable bonds is 4. The number of ether oxygens (including phenoxy) is 1. The third-order valence-corrected chi connectivity index (χ3v) is 1.86. The molecule has 0 radical (unpaired) electrons. The van der Waals surface area contributed by atoms with Crippen molar-refractivity contribution in [2.75, 3.05) is 7.11 Å². The number of carbonyl (C=O) groups excluding carboxylic acids is 1. The van der Waals surface area contributed by atoms with E-state index in [4.69, 9.17) is 4.74 Å². The molecule has 3 nitrogen and oxygen atoms in total. The summed E-state index contributed by atoms with van der Waals surface area (Å²) in [5.74, 6) is -1.14. The van der Waals surface area contributed by atoms with Gasteiger partial charge in [-0.25, -0.2) is 4.39 Å². The zero-order chi connectivity index (χ0) is 10.6. The van der Waals surface area contributed by atoms with E-state index >= 15 is 0 Å². The average Bonchev–Trinajstić information content (AvgIpc) is 2.19. The van der Waals surface area contributed by atoms with Gasteiger partial charge < -0.3 is 14.6 Å². The van der Waals surface area contributed by atoms with Gasteiger partial charge >= 0.3 is 0 Å². The Labute approximate surface area is 81.1 Å². The van der Waals surface area contributed by atoms with Crippen molar-refractivity contribution in [3.8, 4) is 11.5 Å². The molecule has 1 N–H and O–H groups in total. The summed E-state index contributed by atoms with van der Waals surface area (Å²) in [5.41, 5.74) is 0.629. The van der Waals surface area contributed by atoms with Gasteiger partial charge in [0, 0.05) is 6.42 Å². The van der Waals surface area contributed by atoms with E-state index in [0.717, 1.165) is 6.29 Å². The fourth-order valence-corrected chi connectivity index (χ4v) is 1.15. The summed E-state index contributed by atoms with van der Waals surface area (Å²) in [5, 5.41) is 9.18. The standard InChI is InChI=1S/C10H11FO3/c1-14-9-6-7(3-2-4-12)5-8(11)10(9)13/h4-6,13H,2-3H2,1H3. The molecule has 1 rings (SSSR count). The summed E-state index contributed by atoms with van der Waals surface area (Å²) in [6, 6.07) is 2.71. The summed E-state index contributed by atoms with van der Waals surface area (Å²) in [6.07, 6.45) is 1.53. The molecule has 0 atom stereocenters. The number of benzene rings is 1. The monoisotopic (exact) mass is 198 g/mol. The Balaban J connectivity index is 2.97. The number of aromatic hydroxyl groups is 1. The van der Waals surface area contributed by atoms with Crippen LogP contribution in [0.15, 0.2) is 12.1 Å². The fraction of sp³-hybridized carbons (Fsp3) is 0.300. The fourth-order valence-electron chi connectivity index (χ4n) is 1.15. The first kappa shape index (κ1) is 10.5. The molecule has 1 aromatic carbocycles. The van der Waals surface area contributed by atoms with Gasteiger partial charge in [0.05, 0.1) is 7.11 Å². The van der Waals surface area contributed by atoms with Crippen molar-refractivity contribution in [2.24, 2.45) is 0 Å². The minimum Gasteiger partial charge on any atom is -0.502 e. The van der Waals surface area contributed by atoms with Crippen LogP contribution < -0.4 is 4.74 Å². The highest BCUT2D eigenvalue weighted by Crippen LogP contribution is 2.30. The van der Waals surface area contributed by atoms with E-state index in [0.29, 0.717) is 18.4 Å². The largest absolute Gasteiger partial charge is 0.502 e. The Hall–Kier alpha value is -1.58. The van der Waals surface area contributed by atoms with Crippen LogP contribution in [-0.2, 0) is 11.2 Å². The van der Waals surface area contributed by atoms with E-state index in [1.165, 1.54) is 19.2 Å². The molecule has 0 aliphatic carbocycles. The summed E-state index contributed by atoms with van der Waals surface area (Å²) in [7, 11) is 1.35. The first-order valence-corrected chi connectivity index (χ1v) is 4.18. The van der Waals surface area contributed by atoms with Gasteiger partial charge in [0.2, 0.25) is 0 Å². The van der Waals surface area contributed by atoms with Crippen molar-refractivity contribution in [1.82, 2.24) is 0 Å². The van der Waals surface area contributed by atoms with Crippen LogP contribution in [-0.4, -0.2) is 18.5 Å².